The number of para-hydroxylation sites is 1. The zero-order valence-corrected chi connectivity index (χ0v) is 19.3. The first kappa shape index (κ1) is 26.5. The highest BCUT2D eigenvalue weighted by Crippen LogP contribution is 2.30. The second kappa shape index (κ2) is 13.7. The number of hydrogen-bond acceptors (Lipinski definition) is 11. The van der Waals surface area contributed by atoms with E-state index in [1.165, 1.54) is 0 Å². The predicted octanol–water partition coefficient (Wildman–Crippen LogP) is 3.37. The predicted molar refractivity (Wildman–Crippen MR) is 127 cm³/mol. The molecule has 0 unspecified atom stereocenters. The Labute approximate surface area is 197 Å². The smallest absolute Gasteiger partial charge is 0.455 e. The average Bonchev–Trinajstić information content (AvgIpc) is 2.79. The molecule has 0 aliphatic heterocycles. The Hall–Kier alpha value is -3.77. The number of nitrogen functional groups attached to an aromatic ring is 1. The van der Waals surface area contributed by atoms with Crippen LogP contribution in [0.15, 0.2) is 46.6 Å². The second-order valence-electron chi connectivity index (χ2n) is 7.47. The lowest BCUT2D eigenvalue weighted by atomic mass is 10.1. The Morgan fingerprint density at radius 2 is 1.82 bits per heavy atom. The van der Waals surface area contributed by atoms with Crippen LogP contribution in [0, 0.1) is 0 Å². The van der Waals surface area contributed by atoms with Crippen molar-refractivity contribution in [2.75, 3.05) is 24.4 Å². The lowest BCUT2D eigenvalue weighted by molar-refractivity contribution is -0.117. The van der Waals surface area contributed by atoms with Gasteiger partial charge in [-0.2, -0.15) is 0 Å². The van der Waals surface area contributed by atoms with Crippen molar-refractivity contribution in [1.29, 1.82) is 0 Å². The lowest BCUT2D eigenvalue weighted by Gasteiger charge is -2.12. The third kappa shape index (κ3) is 9.00. The molecule has 0 saturated heterocycles. The molecular formula is C22H31N7O5. The van der Waals surface area contributed by atoms with Gasteiger partial charge in [0.15, 0.2) is 11.6 Å². The molecule has 2 aromatic rings. The SMILES string of the molecule is CC(C)OC(=O)OCOc1ccccc1/N=N/c1ccc(NC(=O)[C@@H](N)CCCCN)nc1N. The van der Waals surface area contributed by atoms with Gasteiger partial charge < -0.3 is 36.7 Å². The molecular weight excluding hydrogens is 442 g/mol. The molecule has 34 heavy (non-hydrogen) atoms. The minimum absolute atomic E-state index is 0.0661. The van der Waals surface area contributed by atoms with Gasteiger partial charge in [0.05, 0.1) is 12.1 Å². The summed E-state index contributed by atoms with van der Waals surface area (Å²) < 4.78 is 15.2. The van der Waals surface area contributed by atoms with E-state index >= 15 is 0 Å². The number of nitrogens with zero attached hydrogens (tertiary/aromatic N) is 3. The topological polar surface area (TPSA) is 190 Å². The number of nitrogens with two attached hydrogens (primary N) is 3. The summed E-state index contributed by atoms with van der Waals surface area (Å²) in [6.07, 6.45) is 0.954. The van der Waals surface area contributed by atoms with Crippen LogP contribution in [0.4, 0.5) is 27.8 Å². The van der Waals surface area contributed by atoms with Crippen LogP contribution in [-0.2, 0) is 14.3 Å². The molecule has 1 heterocycles. The first-order chi connectivity index (χ1) is 16.3. The molecule has 12 nitrogen and oxygen atoms in total. The van der Waals surface area contributed by atoms with Crippen molar-refractivity contribution in [2.45, 2.75) is 45.3 Å². The third-order valence-electron chi connectivity index (χ3n) is 4.31. The Kier molecular flexibility index (Phi) is 10.7. The van der Waals surface area contributed by atoms with Crippen LogP contribution in [0.2, 0.25) is 0 Å². The van der Waals surface area contributed by atoms with Crippen LogP contribution in [-0.4, -0.2) is 42.5 Å². The summed E-state index contributed by atoms with van der Waals surface area (Å²) in [5.41, 5.74) is 18.0. The Morgan fingerprint density at radius 3 is 2.53 bits per heavy atom. The molecule has 184 valence electrons. The standard InChI is InChI=1S/C22H31N7O5/c1-14(2)34-22(31)33-13-32-18-9-4-3-8-16(18)28-29-17-10-11-19(26-20(17)25)27-21(30)15(24)7-5-6-12-23/h3-4,8-11,14-15H,5-7,12-13,23-24H2,1-2H3,(H3,25,26,27,30)/b29-28+/t15-/m0/s1. The number of amides is 1. The van der Waals surface area contributed by atoms with Gasteiger partial charge in [-0.15, -0.1) is 10.2 Å². The Bertz CT molecular complexity index is 984. The highest BCUT2D eigenvalue weighted by atomic mass is 16.8. The molecule has 0 aliphatic rings. The van der Waals surface area contributed by atoms with Gasteiger partial charge in [0.25, 0.3) is 0 Å². The van der Waals surface area contributed by atoms with E-state index in [2.05, 4.69) is 20.5 Å². The van der Waals surface area contributed by atoms with E-state index in [0.717, 1.165) is 12.8 Å². The van der Waals surface area contributed by atoms with Crippen LogP contribution in [0.1, 0.15) is 33.1 Å². The van der Waals surface area contributed by atoms with Crippen molar-refractivity contribution in [3.63, 3.8) is 0 Å². The fourth-order valence-corrected chi connectivity index (χ4v) is 2.62. The van der Waals surface area contributed by atoms with Crippen molar-refractivity contribution < 1.29 is 23.8 Å². The molecule has 1 aromatic carbocycles. The second-order valence-corrected chi connectivity index (χ2v) is 7.47. The number of azo groups is 1. The highest BCUT2D eigenvalue weighted by molar-refractivity contribution is 5.94. The molecule has 0 saturated carbocycles. The average molecular weight is 474 g/mol. The number of carbonyl (C=O) groups excluding carboxylic acids is 2. The van der Waals surface area contributed by atoms with E-state index < -0.39 is 12.2 Å². The Morgan fingerprint density at radius 1 is 1.09 bits per heavy atom. The molecule has 12 heteroatoms. The highest BCUT2D eigenvalue weighted by Gasteiger charge is 2.14. The number of nitrogens with one attached hydrogen (secondary N) is 1. The quantitative estimate of drug-likeness (QED) is 0.155. The Balaban J connectivity index is 1.98. The molecule has 1 atom stereocenters. The number of benzene rings is 1. The number of aromatic nitrogens is 1. The van der Waals surface area contributed by atoms with Crippen molar-refractivity contribution >= 4 is 35.1 Å². The molecule has 1 amide bonds. The molecule has 1 aromatic heterocycles. The molecule has 0 fully saturated rings. The molecule has 2 rings (SSSR count). The lowest BCUT2D eigenvalue weighted by Crippen LogP contribution is -2.35. The first-order valence-corrected chi connectivity index (χ1v) is 10.8. The van der Waals surface area contributed by atoms with E-state index in [1.807, 2.05) is 0 Å². The van der Waals surface area contributed by atoms with Gasteiger partial charge in [-0.1, -0.05) is 18.6 Å². The molecule has 0 aliphatic carbocycles. The van der Waals surface area contributed by atoms with Gasteiger partial charge in [-0.05, 0) is 57.5 Å². The summed E-state index contributed by atoms with van der Waals surface area (Å²) in [5, 5.41) is 10.9. The fourth-order valence-electron chi connectivity index (χ4n) is 2.62. The largest absolute Gasteiger partial charge is 0.511 e. The fraction of sp³-hybridized carbons (Fsp3) is 0.409. The number of pyridine rings is 1. The zero-order valence-electron chi connectivity index (χ0n) is 19.3. The van der Waals surface area contributed by atoms with E-state index in [4.69, 9.17) is 31.4 Å². The van der Waals surface area contributed by atoms with Gasteiger partial charge in [-0.25, -0.2) is 9.78 Å². The maximum atomic E-state index is 12.2. The third-order valence-corrected chi connectivity index (χ3v) is 4.31. The van der Waals surface area contributed by atoms with Crippen LogP contribution in [0.5, 0.6) is 5.75 Å². The van der Waals surface area contributed by atoms with Crippen molar-refractivity contribution in [3.05, 3.63) is 36.4 Å². The van der Waals surface area contributed by atoms with Crippen LogP contribution >= 0.6 is 0 Å². The summed E-state index contributed by atoms with van der Waals surface area (Å²) in [4.78, 5) is 27.8. The summed E-state index contributed by atoms with van der Waals surface area (Å²) in [6, 6.07) is 9.22. The molecule has 0 radical (unpaired) electrons. The monoisotopic (exact) mass is 473 g/mol. The van der Waals surface area contributed by atoms with Gasteiger partial charge in [0.2, 0.25) is 12.7 Å². The van der Waals surface area contributed by atoms with Gasteiger partial charge in [0.1, 0.15) is 17.2 Å². The van der Waals surface area contributed by atoms with E-state index in [0.29, 0.717) is 24.4 Å². The van der Waals surface area contributed by atoms with Crippen LogP contribution in [0.3, 0.4) is 0 Å². The minimum atomic E-state index is -0.836. The number of unbranched alkanes of at least 4 members (excludes halogenated alkanes) is 1. The van der Waals surface area contributed by atoms with E-state index in [-0.39, 0.29) is 36.1 Å². The summed E-state index contributed by atoms with van der Waals surface area (Å²) >= 11 is 0. The molecule has 0 bridgehead atoms. The number of anilines is 2. The number of hydrogen-bond donors (Lipinski definition) is 4. The zero-order chi connectivity index (χ0) is 24.9. The maximum Gasteiger partial charge on any atom is 0.511 e. The summed E-state index contributed by atoms with van der Waals surface area (Å²) in [6.45, 7) is 3.61. The summed E-state index contributed by atoms with van der Waals surface area (Å²) in [7, 11) is 0. The van der Waals surface area contributed by atoms with E-state index in [9.17, 15) is 9.59 Å². The van der Waals surface area contributed by atoms with Crippen molar-refractivity contribution in [3.8, 4) is 5.75 Å². The van der Waals surface area contributed by atoms with Crippen LogP contribution < -0.4 is 27.3 Å². The van der Waals surface area contributed by atoms with Gasteiger partial charge in [0, 0.05) is 0 Å². The van der Waals surface area contributed by atoms with Crippen LogP contribution in [0.25, 0.3) is 0 Å². The maximum absolute atomic E-state index is 12.2. The van der Waals surface area contributed by atoms with E-state index in [1.54, 1.807) is 50.2 Å². The number of rotatable bonds is 12. The number of ether oxygens (including phenoxy) is 3. The van der Waals surface area contributed by atoms with Gasteiger partial charge >= 0.3 is 6.16 Å². The summed E-state index contributed by atoms with van der Waals surface area (Å²) in [5.74, 6) is 0.299. The number of carbonyl (C=O) groups is 2. The van der Waals surface area contributed by atoms with Gasteiger partial charge in [-0.3, -0.25) is 4.79 Å². The molecule has 7 N–H and O–H groups in total. The van der Waals surface area contributed by atoms with Crippen molar-refractivity contribution in [1.82, 2.24) is 4.98 Å². The van der Waals surface area contributed by atoms with Crippen molar-refractivity contribution in [2.24, 2.45) is 21.7 Å². The normalized spacial score (nSPS) is 11.9. The first-order valence-electron chi connectivity index (χ1n) is 10.8. The minimum Gasteiger partial charge on any atom is -0.455 e. The molecule has 0 spiro atoms.